The minimum absolute atomic E-state index is 0. The quantitative estimate of drug-likeness (QED) is 0.763. The zero-order chi connectivity index (χ0) is 10.4. The fourth-order valence-electron chi connectivity index (χ4n) is 0.981. The van der Waals surface area contributed by atoms with Gasteiger partial charge in [-0.15, -0.1) is 12.4 Å². The Morgan fingerprint density at radius 1 is 1.60 bits per heavy atom. The van der Waals surface area contributed by atoms with Gasteiger partial charge in [-0.1, -0.05) is 22.5 Å². The van der Waals surface area contributed by atoms with Gasteiger partial charge in [0.05, 0.1) is 12.7 Å². The van der Waals surface area contributed by atoms with E-state index in [1.54, 1.807) is 0 Å². The summed E-state index contributed by atoms with van der Waals surface area (Å²) in [6.45, 7) is 6.39. The molecule has 1 saturated heterocycles. The molecule has 0 aromatic rings. The number of rotatable bonds is 6. The molecule has 88 valence electrons. The first-order valence-corrected chi connectivity index (χ1v) is 5.40. The normalized spacial score (nSPS) is 15.0. The summed E-state index contributed by atoms with van der Waals surface area (Å²) in [5.41, 5.74) is 0. The standard InChI is InChI=1S/C9H15BrN2O2.ClH/c1-7(10)4-12-9(13)2-3-14-8-5-11-6-8;/h8,11H,1-6H2,(H,12,13);1H. The molecule has 2 N–H and O–H groups in total. The van der Waals surface area contributed by atoms with Gasteiger partial charge in [0.2, 0.25) is 5.91 Å². The summed E-state index contributed by atoms with van der Waals surface area (Å²) in [6.07, 6.45) is 0.713. The Bertz CT molecular complexity index is 222. The fourth-order valence-corrected chi connectivity index (χ4v) is 1.12. The molecule has 1 amide bonds. The zero-order valence-electron chi connectivity index (χ0n) is 8.42. The lowest BCUT2D eigenvalue weighted by molar-refractivity contribution is -0.122. The first-order chi connectivity index (χ1) is 6.68. The first kappa shape index (κ1) is 14.9. The van der Waals surface area contributed by atoms with Crippen LogP contribution in [-0.4, -0.2) is 38.3 Å². The lowest BCUT2D eigenvalue weighted by Gasteiger charge is -2.26. The van der Waals surface area contributed by atoms with E-state index in [1.165, 1.54) is 0 Å². The number of carbonyl (C=O) groups is 1. The molecule has 1 aliphatic rings. The molecule has 1 heterocycles. The summed E-state index contributed by atoms with van der Waals surface area (Å²) in [4.78, 5) is 11.2. The van der Waals surface area contributed by atoms with Gasteiger partial charge in [0.25, 0.3) is 0 Å². The number of ether oxygens (including phenoxy) is 1. The second-order valence-electron chi connectivity index (χ2n) is 3.20. The molecule has 0 spiro atoms. The second-order valence-corrected chi connectivity index (χ2v) is 4.32. The lowest BCUT2D eigenvalue weighted by atomic mass is 10.2. The number of nitrogens with one attached hydrogen (secondary N) is 2. The Kier molecular flexibility index (Phi) is 8.04. The van der Waals surface area contributed by atoms with Gasteiger partial charge in [-0.25, -0.2) is 0 Å². The van der Waals surface area contributed by atoms with Crippen LogP contribution in [0.5, 0.6) is 0 Å². The van der Waals surface area contributed by atoms with Crippen molar-refractivity contribution in [1.82, 2.24) is 10.6 Å². The molecule has 0 bridgehead atoms. The molecule has 1 fully saturated rings. The molecule has 0 atom stereocenters. The molecule has 15 heavy (non-hydrogen) atoms. The van der Waals surface area contributed by atoms with E-state index in [9.17, 15) is 4.79 Å². The highest BCUT2D eigenvalue weighted by molar-refractivity contribution is 9.11. The average Bonchev–Trinajstić information content (AvgIpc) is 2.06. The van der Waals surface area contributed by atoms with Crippen LogP contribution in [-0.2, 0) is 9.53 Å². The predicted octanol–water partition coefficient (Wildman–Crippen LogP) is 0.811. The van der Waals surface area contributed by atoms with Crippen molar-refractivity contribution in [3.8, 4) is 0 Å². The van der Waals surface area contributed by atoms with Crippen LogP contribution in [0.3, 0.4) is 0 Å². The molecule has 1 aliphatic heterocycles. The Labute approximate surface area is 104 Å². The molecular weight excluding hydrogens is 283 g/mol. The predicted molar refractivity (Wildman–Crippen MR) is 65.6 cm³/mol. The summed E-state index contributed by atoms with van der Waals surface area (Å²) in [5.74, 6) is -0.00196. The van der Waals surface area contributed by atoms with Gasteiger partial charge in [0.1, 0.15) is 0 Å². The summed E-state index contributed by atoms with van der Waals surface area (Å²) in [6, 6.07) is 0. The van der Waals surface area contributed by atoms with Crippen molar-refractivity contribution in [1.29, 1.82) is 0 Å². The highest BCUT2D eigenvalue weighted by Gasteiger charge is 2.16. The Morgan fingerprint density at radius 3 is 2.73 bits per heavy atom. The third-order valence-electron chi connectivity index (χ3n) is 1.90. The van der Waals surface area contributed by atoms with Crippen molar-refractivity contribution in [2.75, 3.05) is 26.2 Å². The second kappa shape index (κ2) is 8.10. The minimum Gasteiger partial charge on any atom is -0.375 e. The van der Waals surface area contributed by atoms with Crippen LogP contribution in [0.2, 0.25) is 0 Å². The van der Waals surface area contributed by atoms with E-state index < -0.39 is 0 Å². The van der Waals surface area contributed by atoms with Crippen LogP contribution in [0, 0.1) is 0 Å². The van der Waals surface area contributed by atoms with Crippen LogP contribution in [0.15, 0.2) is 11.1 Å². The molecule has 1 rings (SSSR count). The molecular formula is C9H16BrClN2O2. The van der Waals surface area contributed by atoms with Gasteiger partial charge in [-0.3, -0.25) is 4.79 Å². The van der Waals surface area contributed by atoms with E-state index in [4.69, 9.17) is 4.74 Å². The monoisotopic (exact) mass is 298 g/mol. The van der Waals surface area contributed by atoms with Crippen molar-refractivity contribution < 1.29 is 9.53 Å². The average molecular weight is 300 g/mol. The van der Waals surface area contributed by atoms with E-state index in [0.29, 0.717) is 25.7 Å². The third kappa shape index (κ3) is 6.89. The van der Waals surface area contributed by atoms with Crippen molar-refractivity contribution >= 4 is 34.2 Å². The number of amides is 1. The molecule has 0 aromatic carbocycles. The number of halogens is 2. The maximum Gasteiger partial charge on any atom is 0.222 e. The summed E-state index contributed by atoms with van der Waals surface area (Å²) >= 11 is 3.17. The van der Waals surface area contributed by atoms with Gasteiger partial charge < -0.3 is 15.4 Å². The van der Waals surface area contributed by atoms with E-state index in [0.717, 1.165) is 17.6 Å². The summed E-state index contributed by atoms with van der Waals surface area (Å²) < 4.78 is 6.17. The van der Waals surface area contributed by atoms with E-state index in [2.05, 4.69) is 33.1 Å². The van der Waals surface area contributed by atoms with E-state index >= 15 is 0 Å². The van der Waals surface area contributed by atoms with Crippen LogP contribution >= 0.6 is 28.3 Å². The topological polar surface area (TPSA) is 50.4 Å². The maximum absolute atomic E-state index is 11.2. The van der Waals surface area contributed by atoms with Gasteiger partial charge >= 0.3 is 0 Å². The largest absolute Gasteiger partial charge is 0.375 e. The SMILES string of the molecule is C=C(Br)CNC(=O)CCOC1CNC1.Cl. The number of hydrogen-bond donors (Lipinski definition) is 2. The van der Waals surface area contributed by atoms with Crippen LogP contribution in [0.1, 0.15) is 6.42 Å². The van der Waals surface area contributed by atoms with Gasteiger partial charge in [0, 0.05) is 30.5 Å². The Morgan fingerprint density at radius 2 is 2.27 bits per heavy atom. The Balaban J connectivity index is 0.00000196. The number of hydrogen-bond acceptors (Lipinski definition) is 3. The molecule has 6 heteroatoms. The van der Waals surface area contributed by atoms with Gasteiger partial charge in [-0.05, 0) is 0 Å². The summed E-state index contributed by atoms with van der Waals surface area (Å²) in [7, 11) is 0. The highest BCUT2D eigenvalue weighted by Crippen LogP contribution is 1.99. The van der Waals surface area contributed by atoms with Crippen molar-refractivity contribution in [3.63, 3.8) is 0 Å². The van der Waals surface area contributed by atoms with Crippen LogP contribution in [0.25, 0.3) is 0 Å². The molecule has 4 nitrogen and oxygen atoms in total. The smallest absolute Gasteiger partial charge is 0.222 e. The van der Waals surface area contributed by atoms with Crippen molar-refractivity contribution in [2.45, 2.75) is 12.5 Å². The van der Waals surface area contributed by atoms with Gasteiger partial charge in [0.15, 0.2) is 0 Å². The summed E-state index contributed by atoms with van der Waals surface area (Å²) in [5, 5.41) is 5.81. The zero-order valence-corrected chi connectivity index (χ0v) is 10.8. The maximum atomic E-state index is 11.2. The van der Waals surface area contributed by atoms with Crippen molar-refractivity contribution in [2.24, 2.45) is 0 Å². The Hall–Kier alpha value is -0.100. The molecule has 0 saturated carbocycles. The molecule has 0 unspecified atom stereocenters. The van der Waals surface area contributed by atoms with Gasteiger partial charge in [-0.2, -0.15) is 0 Å². The van der Waals surface area contributed by atoms with Crippen LogP contribution in [0.4, 0.5) is 0 Å². The molecule has 0 aromatic heterocycles. The first-order valence-electron chi connectivity index (χ1n) is 4.61. The number of carbonyl (C=O) groups excluding carboxylic acids is 1. The van der Waals surface area contributed by atoms with Crippen molar-refractivity contribution in [3.05, 3.63) is 11.1 Å². The lowest BCUT2D eigenvalue weighted by Crippen LogP contribution is -2.48. The highest BCUT2D eigenvalue weighted by atomic mass is 79.9. The van der Waals surface area contributed by atoms with E-state index in [-0.39, 0.29) is 18.3 Å². The van der Waals surface area contributed by atoms with Crippen LogP contribution < -0.4 is 10.6 Å². The fraction of sp³-hybridized carbons (Fsp3) is 0.667. The molecule has 0 aliphatic carbocycles. The van der Waals surface area contributed by atoms with E-state index in [1.807, 2.05) is 0 Å². The molecule has 0 radical (unpaired) electrons. The third-order valence-corrected chi connectivity index (χ3v) is 2.18. The minimum atomic E-state index is -0.00196.